The van der Waals surface area contributed by atoms with Crippen molar-refractivity contribution in [2.75, 3.05) is 19.6 Å². The standard InChI is InChI=1S/C22H27N3O3/c1-15-11-24(12-16(2)28-15)13-17-3-5-19(6-4-17)22(27)25-10-8-18-7-9-23-21(26)20(18)14-25/h3-7,9,15-16H,8,10-14H2,1-2H3,(H,23,26). The summed E-state index contributed by atoms with van der Waals surface area (Å²) in [4.78, 5) is 31.8. The number of ether oxygens (including phenoxy) is 1. The summed E-state index contributed by atoms with van der Waals surface area (Å²) in [5, 5.41) is 0. The van der Waals surface area contributed by atoms with Crippen molar-refractivity contribution in [2.24, 2.45) is 0 Å². The molecule has 4 rings (SSSR count). The Labute approximate surface area is 165 Å². The minimum absolute atomic E-state index is 0.0194. The molecule has 2 atom stereocenters. The molecule has 3 heterocycles. The lowest BCUT2D eigenvalue weighted by Gasteiger charge is -2.35. The van der Waals surface area contributed by atoms with E-state index in [2.05, 4.69) is 23.7 Å². The first-order valence-electron chi connectivity index (χ1n) is 9.95. The van der Waals surface area contributed by atoms with Crippen molar-refractivity contribution < 1.29 is 9.53 Å². The second kappa shape index (κ2) is 7.89. The maximum Gasteiger partial charge on any atom is 0.254 e. The zero-order chi connectivity index (χ0) is 19.7. The fraction of sp³-hybridized carbons (Fsp3) is 0.455. The Morgan fingerprint density at radius 3 is 2.57 bits per heavy atom. The molecule has 6 nitrogen and oxygen atoms in total. The van der Waals surface area contributed by atoms with Crippen LogP contribution in [0.4, 0.5) is 0 Å². The van der Waals surface area contributed by atoms with E-state index in [1.54, 1.807) is 11.1 Å². The van der Waals surface area contributed by atoms with Crippen LogP contribution >= 0.6 is 0 Å². The molecule has 1 amide bonds. The quantitative estimate of drug-likeness (QED) is 0.885. The average molecular weight is 381 g/mol. The summed E-state index contributed by atoms with van der Waals surface area (Å²) in [5.41, 5.74) is 3.51. The van der Waals surface area contributed by atoms with Crippen molar-refractivity contribution in [1.29, 1.82) is 0 Å². The van der Waals surface area contributed by atoms with Gasteiger partial charge in [-0.3, -0.25) is 14.5 Å². The maximum absolute atomic E-state index is 12.9. The Morgan fingerprint density at radius 1 is 1.14 bits per heavy atom. The lowest BCUT2D eigenvalue weighted by molar-refractivity contribution is -0.0704. The topological polar surface area (TPSA) is 65.6 Å². The van der Waals surface area contributed by atoms with E-state index in [-0.39, 0.29) is 23.7 Å². The number of aromatic nitrogens is 1. The van der Waals surface area contributed by atoms with Crippen LogP contribution in [-0.2, 0) is 24.2 Å². The van der Waals surface area contributed by atoms with E-state index in [0.717, 1.165) is 31.6 Å². The predicted molar refractivity (Wildman–Crippen MR) is 107 cm³/mol. The van der Waals surface area contributed by atoms with Gasteiger partial charge in [0.05, 0.1) is 18.8 Å². The Hall–Kier alpha value is -2.44. The molecule has 0 radical (unpaired) electrons. The van der Waals surface area contributed by atoms with Gasteiger partial charge in [0.1, 0.15) is 0 Å². The lowest BCUT2D eigenvalue weighted by Crippen LogP contribution is -2.44. The number of H-pyrrole nitrogens is 1. The SMILES string of the molecule is CC1CN(Cc2ccc(C(=O)N3CCc4cc[nH]c(=O)c4C3)cc2)CC(C)O1. The smallest absolute Gasteiger partial charge is 0.254 e. The zero-order valence-electron chi connectivity index (χ0n) is 16.5. The second-order valence-electron chi connectivity index (χ2n) is 7.94. The highest BCUT2D eigenvalue weighted by atomic mass is 16.5. The maximum atomic E-state index is 12.9. The summed E-state index contributed by atoms with van der Waals surface area (Å²) in [5.74, 6) is -0.0194. The van der Waals surface area contributed by atoms with E-state index in [4.69, 9.17) is 4.74 Å². The minimum atomic E-state index is -0.0979. The van der Waals surface area contributed by atoms with Crippen LogP contribution in [0.2, 0.25) is 0 Å². The summed E-state index contributed by atoms with van der Waals surface area (Å²) in [6, 6.07) is 9.79. The van der Waals surface area contributed by atoms with Crippen LogP contribution in [0.3, 0.4) is 0 Å². The molecule has 28 heavy (non-hydrogen) atoms. The number of nitrogens with zero attached hydrogens (tertiary/aromatic N) is 2. The molecule has 2 aliphatic heterocycles. The van der Waals surface area contributed by atoms with Gasteiger partial charge in [-0.2, -0.15) is 0 Å². The number of morpholine rings is 1. The fourth-order valence-electron chi connectivity index (χ4n) is 4.26. The monoisotopic (exact) mass is 381 g/mol. The van der Waals surface area contributed by atoms with Crippen LogP contribution in [0.15, 0.2) is 41.3 Å². The Morgan fingerprint density at radius 2 is 1.86 bits per heavy atom. The number of carbonyl (C=O) groups excluding carboxylic acids is 1. The van der Waals surface area contributed by atoms with Crippen LogP contribution in [0.25, 0.3) is 0 Å². The summed E-state index contributed by atoms with van der Waals surface area (Å²) in [7, 11) is 0. The van der Waals surface area contributed by atoms with Gasteiger partial charge < -0.3 is 14.6 Å². The van der Waals surface area contributed by atoms with E-state index < -0.39 is 0 Å². The number of nitrogens with one attached hydrogen (secondary N) is 1. The number of hydrogen-bond acceptors (Lipinski definition) is 4. The molecular weight excluding hydrogens is 354 g/mol. The van der Waals surface area contributed by atoms with Gasteiger partial charge in [0, 0.05) is 43.5 Å². The third-order valence-electron chi connectivity index (χ3n) is 5.55. The molecular formula is C22H27N3O3. The molecule has 0 bridgehead atoms. The van der Waals surface area contributed by atoms with E-state index in [1.165, 1.54) is 5.56 Å². The number of fused-ring (bicyclic) bond motifs is 1. The number of rotatable bonds is 3. The highest BCUT2D eigenvalue weighted by Crippen LogP contribution is 2.19. The van der Waals surface area contributed by atoms with Crippen LogP contribution in [0.1, 0.15) is 40.9 Å². The summed E-state index contributed by atoms with van der Waals surface area (Å²) < 4.78 is 5.79. The Balaban J connectivity index is 1.42. The number of benzene rings is 1. The molecule has 0 spiro atoms. The predicted octanol–water partition coefficient (Wildman–Crippen LogP) is 2.18. The molecule has 2 aliphatic rings. The van der Waals surface area contributed by atoms with Gasteiger partial charge >= 0.3 is 0 Å². The number of amides is 1. The summed E-state index contributed by atoms with van der Waals surface area (Å²) in [6.07, 6.45) is 2.88. The molecule has 1 saturated heterocycles. The fourth-order valence-corrected chi connectivity index (χ4v) is 4.26. The summed E-state index contributed by atoms with van der Waals surface area (Å²) >= 11 is 0. The van der Waals surface area contributed by atoms with Gasteiger partial charge in [0.2, 0.25) is 0 Å². The second-order valence-corrected chi connectivity index (χ2v) is 7.94. The first-order chi connectivity index (χ1) is 13.5. The molecule has 1 aromatic heterocycles. The molecule has 2 unspecified atom stereocenters. The van der Waals surface area contributed by atoms with Crippen LogP contribution in [0, 0.1) is 0 Å². The zero-order valence-corrected chi connectivity index (χ0v) is 16.5. The summed E-state index contributed by atoms with van der Waals surface area (Å²) in [6.45, 7) is 7.92. The first kappa shape index (κ1) is 18.9. The molecule has 148 valence electrons. The van der Waals surface area contributed by atoms with Crippen molar-refractivity contribution in [2.45, 2.75) is 45.6 Å². The number of carbonyl (C=O) groups is 1. The lowest BCUT2D eigenvalue weighted by atomic mass is 10.0. The van der Waals surface area contributed by atoms with E-state index in [9.17, 15) is 9.59 Å². The van der Waals surface area contributed by atoms with E-state index in [1.807, 2.05) is 30.3 Å². The van der Waals surface area contributed by atoms with Gasteiger partial charge in [0.25, 0.3) is 11.5 Å². The Kier molecular flexibility index (Phi) is 5.33. The number of hydrogen-bond donors (Lipinski definition) is 1. The van der Waals surface area contributed by atoms with Crippen molar-refractivity contribution >= 4 is 5.91 Å². The van der Waals surface area contributed by atoms with Crippen LogP contribution < -0.4 is 5.56 Å². The van der Waals surface area contributed by atoms with Crippen molar-refractivity contribution in [3.63, 3.8) is 0 Å². The van der Waals surface area contributed by atoms with Gasteiger partial charge in [-0.25, -0.2) is 0 Å². The van der Waals surface area contributed by atoms with E-state index >= 15 is 0 Å². The minimum Gasteiger partial charge on any atom is -0.373 e. The first-order valence-corrected chi connectivity index (χ1v) is 9.95. The van der Waals surface area contributed by atoms with Crippen molar-refractivity contribution in [3.05, 3.63) is 69.1 Å². The highest BCUT2D eigenvalue weighted by Gasteiger charge is 2.24. The third kappa shape index (κ3) is 4.03. The Bertz CT molecular complexity index is 896. The molecule has 1 fully saturated rings. The molecule has 6 heteroatoms. The molecule has 0 saturated carbocycles. The van der Waals surface area contributed by atoms with Gasteiger partial charge in [-0.1, -0.05) is 12.1 Å². The van der Waals surface area contributed by atoms with Gasteiger partial charge in [-0.05, 0) is 49.6 Å². The van der Waals surface area contributed by atoms with E-state index in [0.29, 0.717) is 24.2 Å². The largest absolute Gasteiger partial charge is 0.373 e. The van der Waals surface area contributed by atoms with Gasteiger partial charge in [0.15, 0.2) is 0 Å². The van der Waals surface area contributed by atoms with Crippen molar-refractivity contribution in [1.82, 2.24) is 14.8 Å². The molecule has 1 N–H and O–H groups in total. The van der Waals surface area contributed by atoms with Crippen LogP contribution in [0.5, 0.6) is 0 Å². The number of pyridine rings is 1. The molecule has 2 aromatic rings. The molecule has 0 aliphatic carbocycles. The average Bonchev–Trinajstić information content (AvgIpc) is 2.67. The van der Waals surface area contributed by atoms with Gasteiger partial charge in [-0.15, -0.1) is 0 Å². The number of aromatic amines is 1. The van der Waals surface area contributed by atoms with Crippen LogP contribution in [-0.4, -0.2) is 52.5 Å². The van der Waals surface area contributed by atoms with Crippen molar-refractivity contribution in [3.8, 4) is 0 Å². The highest BCUT2D eigenvalue weighted by molar-refractivity contribution is 5.94. The third-order valence-corrected chi connectivity index (χ3v) is 5.55. The molecule has 1 aromatic carbocycles. The normalized spacial score (nSPS) is 22.7.